The third-order valence-electron chi connectivity index (χ3n) is 7.38. The Balaban J connectivity index is 1.24. The molecule has 11 heteroatoms. The van der Waals surface area contributed by atoms with Gasteiger partial charge in [0.2, 0.25) is 5.91 Å². The van der Waals surface area contributed by atoms with E-state index in [1.807, 2.05) is 62.4 Å². The molecule has 0 saturated carbocycles. The van der Waals surface area contributed by atoms with E-state index in [-0.39, 0.29) is 23.9 Å². The van der Waals surface area contributed by atoms with Gasteiger partial charge in [0.1, 0.15) is 21.2 Å². The van der Waals surface area contributed by atoms with Crippen LogP contribution >= 0.6 is 11.3 Å². The van der Waals surface area contributed by atoms with Gasteiger partial charge in [-0.1, -0.05) is 18.2 Å². The lowest BCUT2D eigenvalue weighted by Gasteiger charge is -2.32. The number of carbonyl (C=O) groups is 3. The van der Waals surface area contributed by atoms with Gasteiger partial charge in [0.25, 0.3) is 5.91 Å². The molecule has 2 aromatic heterocycles. The number of nitrogens with zero attached hydrogens (tertiary/aromatic N) is 3. The van der Waals surface area contributed by atoms with Gasteiger partial charge in [0.15, 0.2) is 0 Å². The fourth-order valence-electron chi connectivity index (χ4n) is 5.40. The Bertz CT molecular complexity index is 1720. The van der Waals surface area contributed by atoms with E-state index in [4.69, 9.17) is 9.47 Å². The maximum absolute atomic E-state index is 13.6. The SMILES string of the molecule is CCO/C=C/C(=O)N1CCCC(NC(=O)c2sc3nccc4c3c2NC(=O)N4c2ccc(Oc3ccccc3)cc2C)C1. The standard InChI is InChI=1S/C32H31N5O5S/c1-3-41-17-14-26(38)36-16-7-8-21(19-36)34-30(39)29-28-27-25(13-15-33-31(27)43-29)37(32(40)35-28)24-12-11-23(18-20(24)2)42-22-9-5-4-6-10-22/h4-6,9-15,17-18,21H,3,7-8,16,19H2,1-2H3,(H,34,39)(H,35,40)/b17-14+. The molecule has 43 heavy (non-hydrogen) atoms. The van der Waals surface area contributed by atoms with Crippen LogP contribution < -0.4 is 20.3 Å². The summed E-state index contributed by atoms with van der Waals surface area (Å²) < 4.78 is 11.1. The minimum atomic E-state index is -0.372. The fraction of sp³-hybridized carbons (Fsp3) is 0.250. The second kappa shape index (κ2) is 12.1. The first-order valence-electron chi connectivity index (χ1n) is 14.2. The number of hydrogen-bond donors (Lipinski definition) is 2. The van der Waals surface area contributed by atoms with E-state index in [2.05, 4.69) is 15.6 Å². The molecule has 2 N–H and O–H groups in total. The lowest BCUT2D eigenvalue weighted by molar-refractivity contribution is -0.127. The third kappa shape index (κ3) is 5.76. The van der Waals surface area contributed by atoms with Crippen molar-refractivity contribution in [3.8, 4) is 11.5 Å². The molecule has 1 fully saturated rings. The van der Waals surface area contributed by atoms with Crippen molar-refractivity contribution in [1.29, 1.82) is 0 Å². The number of carbonyl (C=O) groups excluding carboxylic acids is 3. The smallest absolute Gasteiger partial charge is 0.331 e. The second-order valence-corrected chi connectivity index (χ2v) is 11.3. The van der Waals surface area contributed by atoms with Crippen LogP contribution in [0.15, 0.2) is 73.1 Å². The van der Waals surface area contributed by atoms with Crippen molar-refractivity contribution >= 4 is 56.5 Å². The van der Waals surface area contributed by atoms with Crippen molar-refractivity contribution in [2.45, 2.75) is 32.7 Å². The van der Waals surface area contributed by atoms with Gasteiger partial charge in [-0.05, 0) is 68.7 Å². The number of aromatic nitrogens is 1. The lowest BCUT2D eigenvalue weighted by atomic mass is 10.1. The average Bonchev–Trinajstić information content (AvgIpc) is 3.38. The molecule has 4 amide bonds. The van der Waals surface area contributed by atoms with Gasteiger partial charge in [-0.25, -0.2) is 9.78 Å². The number of amides is 4. The highest BCUT2D eigenvalue weighted by molar-refractivity contribution is 7.21. The molecule has 0 aliphatic carbocycles. The van der Waals surface area contributed by atoms with Crippen molar-refractivity contribution in [2.75, 3.05) is 29.9 Å². The molecule has 10 nitrogen and oxygen atoms in total. The third-order valence-corrected chi connectivity index (χ3v) is 8.48. The molecule has 2 aliphatic heterocycles. The maximum Gasteiger partial charge on any atom is 0.331 e. The Hall–Kier alpha value is -4.90. The number of nitrogens with one attached hydrogen (secondary N) is 2. The summed E-state index contributed by atoms with van der Waals surface area (Å²) >= 11 is 1.23. The zero-order chi connectivity index (χ0) is 29.9. The van der Waals surface area contributed by atoms with Crippen LogP contribution in [0.5, 0.6) is 11.5 Å². The number of rotatable bonds is 8. The van der Waals surface area contributed by atoms with Crippen molar-refractivity contribution < 1.29 is 23.9 Å². The number of benzene rings is 2. The molecule has 0 radical (unpaired) electrons. The second-order valence-electron chi connectivity index (χ2n) is 10.3. The number of likely N-dealkylation sites (tertiary alicyclic amines) is 1. The molecule has 1 saturated heterocycles. The molecule has 1 unspecified atom stereocenters. The number of para-hydroxylation sites is 1. The monoisotopic (exact) mass is 597 g/mol. The highest BCUT2D eigenvalue weighted by Gasteiger charge is 2.34. The summed E-state index contributed by atoms with van der Waals surface area (Å²) in [6.45, 7) is 5.27. The predicted molar refractivity (Wildman–Crippen MR) is 166 cm³/mol. The zero-order valence-corrected chi connectivity index (χ0v) is 24.6. The Labute approximate surface area is 252 Å². The van der Waals surface area contributed by atoms with E-state index in [1.165, 1.54) is 23.7 Å². The fourth-order valence-corrected chi connectivity index (χ4v) is 6.43. The van der Waals surface area contributed by atoms with Gasteiger partial charge in [-0.3, -0.25) is 14.5 Å². The van der Waals surface area contributed by atoms with Crippen LogP contribution in [0.4, 0.5) is 21.9 Å². The minimum Gasteiger partial charge on any atom is -0.501 e. The number of thiophene rings is 1. The van der Waals surface area contributed by atoms with Gasteiger partial charge in [-0.15, -0.1) is 11.3 Å². The van der Waals surface area contributed by atoms with Gasteiger partial charge in [0.05, 0.1) is 35.3 Å². The quantitative estimate of drug-likeness (QED) is 0.181. The van der Waals surface area contributed by atoms with Crippen molar-refractivity contribution in [3.63, 3.8) is 0 Å². The van der Waals surface area contributed by atoms with E-state index in [0.29, 0.717) is 57.6 Å². The summed E-state index contributed by atoms with van der Waals surface area (Å²) in [5.41, 5.74) is 2.64. The highest BCUT2D eigenvalue weighted by Crippen LogP contribution is 2.46. The summed E-state index contributed by atoms with van der Waals surface area (Å²) in [5, 5.41) is 6.74. The maximum atomic E-state index is 13.6. The predicted octanol–water partition coefficient (Wildman–Crippen LogP) is 6.35. The van der Waals surface area contributed by atoms with E-state index in [9.17, 15) is 14.4 Å². The van der Waals surface area contributed by atoms with Crippen LogP contribution in [0, 0.1) is 6.92 Å². The minimum absolute atomic E-state index is 0.152. The van der Waals surface area contributed by atoms with Crippen LogP contribution in [-0.4, -0.2) is 53.5 Å². The number of hydrogen-bond acceptors (Lipinski definition) is 7. The summed E-state index contributed by atoms with van der Waals surface area (Å²) in [4.78, 5) is 48.5. The first-order chi connectivity index (χ1) is 20.9. The number of piperidine rings is 1. The summed E-state index contributed by atoms with van der Waals surface area (Å²) in [6.07, 6.45) is 5.97. The molecule has 1 atom stereocenters. The largest absolute Gasteiger partial charge is 0.501 e. The van der Waals surface area contributed by atoms with E-state index in [0.717, 1.165) is 24.2 Å². The molecule has 0 spiro atoms. The summed E-state index contributed by atoms with van der Waals surface area (Å²) in [6, 6.07) is 16.3. The van der Waals surface area contributed by atoms with Gasteiger partial charge in [-0.2, -0.15) is 0 Å². The Morgan fingerprint density at radius 3 is 2.77 bits per heavy atom. The molecule has 2 aliphatic rings. The molecular weight excluding hydrogens is 566 g/mol. The van der Waals surface area contributed by atoms with Gasteiger partial charge >= 0.3 is 6.03 Å². The normalized spacial score (nSPS) is 16.3. The molecule has 4 heterocycles. The molecular formula is C32H31N5O5S. The summed E-state index contributed by atoms with van der Waals surface area (Å²) in [5.74, 6) is 0.926. The van der Waals surface area contributed by atoms with Crippen LogP contribution in [0.3, 0.4) is 0 Å². The van der Waals surface area contributed by atoms with Crippen LogP contribution in [-0.2, 0) is 9.53 Å². The zero-order valence-electron chi connectivity index (χ0n) is 23.8. The van der Waals surface area contributed by atoms with Gasteiger partial charge in [0, 0.05) is 31.4 Å². The Morgan fingerprint density at radius 2 is 1.98 bits per heavy atom. The molecule has 220 valence electrons. The number of urea groups is 1. The highest BCUT2D eigenvalue weighted by atomic mass is 32.1. The number of pyridine rings is 1. The van der Waals surface area contributed by atoms with Crippen molar-refractivity contribution in [1.82, 2.24) is 15.2 Å². The first kappa shape index (κ1) is 28.2. The van der Waals surface area contributed by atoms with Crippen LogP contribution in [0.25, 0.3) is 10.2 Å². The van der Waals surface area contributed by atoms with Crippen LogP contribution in [0.2, 0.25) is 0 Å². The van der Waals surface area contributed by atoms with Gasteiger partial charge < -0.3 is 25.0 Å². The van der Waals surface area contributed by atoms with Crippen molar-refractivity contribution in [2.24, 2.45) is 0 Å². The lowest BCUT2D eigenvalue weighted by Crippen LogP contribution is -2.49. The van der Waals surface area contributed by atoms with Crippen LogP contribution in [0.1, 0.15) is 35.0 Å². The van der Waals surface area contributed by atoms with E-state index in [1.54, 1.807) is 22.1 Å². The number of anilines is 3. The number of ether oxygens (including phenoxy) is 2. The average molecular weight is 598 g/mol. The number of aryl methyl sites for hydroxylation is 1. The Morgan fingerprint density at radius 1 is 1.14 bits per heavy atom. The van der Waals surface area contributed by atoms with E-state index >= 15 is 0 Å². The molecule has 6 rings (SSSR count). The molecule has 0 bridgehead atoms. The first-order valence-corrected chi connectivity index (χ1v) is 15.0. The van der Waals surface area contributed by atoms with E-state index < -0.39 is 0 Å². The molecule has 2 aromatic carbocycles. The topological polar surface area (TPSA) is 113 Å². The summed E-state index contributed by atoms with van der Waals surface area (Å²) in [7, 11) is 0. The van der Waals surface area contributed by atoms with Crippen molar-refractivity contribution in [3.05, 3.63) is 83.6 Å². The Kier molecular flexibility index (Phi) is 7.97. The molecule has 4 aromatic rings.